The Bertz CT molecular complexity index is 1260. The van der Waals surface area contributed by atoms with Gasteiger partial charge in [-0.15, -0.1) is 0 Å². The summed E-state index contributed by atoms with van der Waals surface area (Å²) >= 11 is 3.32. The van der Waals surface area contributed by atoms with Crippen LogP contribution in [0.2, 0.25) is 0 Å². The van der Waals surface area contributed by atoms with E-state index in [4.69, 9.17) is 4.74 Å². The van der Waals surface area contributed by atoms with Crippen LogP contribution in [-0.2, 0) is 14.8 Å². The minimum absolute atomic E-state index is 0.0201. The van der Waals surface area contributed by atoms with E-state index in [2.05, 4.69) is 26.5 Å². The summed E-state index contributed by atoms with van der Waals surface area (Å²) in [6.07, 6.45) is 1.50. The molecule has 1 amide bonds. The molecule has 172 valence electrons. The van der Waals surface area contributed by atoms with E-state index in [0.29, 0.717) is 15.9 Å². The van der Waals surface area contributed by atoms with Crippen LogP contribution in [0.1, 0.15) is 16.7 Å². The fourth-order valence-electron chi connectivity index (χ4n) is 2.96. The molecule has 0 unspecified atom stereocenters. The normalized spacial score (nSPS) is 11.4. The van der Waals surface area contributed by atoms with Crippen LogP contribution in [0.4, 0.5) is 5.69 Å². The number of methoxy groups -OCH3 is 1. The molecule has 3 aromatic carbocycles. The highest BCUT2D eigenvalue weighted by molar-refractivity contribution is 9.10. The second-order valence-corrected chi connectivity index (χ2v) is 10.1. The first-order chi connectivity index (χ1) is 15.7. The van der Waals surface area contributed by atoms with Gasteiger partial charge in [0.1, 0.15) is 12.3 Å². The summed E-state index contributed by atoms with van der Waals surface area (Å²) in [5, 5.41) is 3.95. The van der Waals surface area contributed by atoms with Gasteiger partial charge in [0, 0.05) is 0 Å². The number of nitrogens with zero attached hydrogens (tertiary/aromatic N) is 2. The first kappa shape index (κ1) is 24.5. The van der Waals surface area contributed by atoms with Gasteiger partial charge < -0.3 is 4.74 Å². The quantitative estimate of drug-likeness (QED) is 0.345. The van der Waals surface area contributed by atoms with E-state index in [9.17, 15) is 13.2 Å². The van der Waals surface area contributed by atoms with Crippen molar-refractivity contribution in [1.82, 2.24) is 5.43 Å². The third kappa shape index (κ3) is 6.21. The lowest BCUT2D eigenvalue weighted by molar-refractivity contribution is -0.119. The van der Waals surface area contributed by atoms with Crippen LogP contribution < -0.4 is 14.5 Å². The van der Waals surface area contributed by atoms with Crippen molar-refractivity contribution in [3.05, 3.63) is 87.9 Å². The van der Waals surface area contributed by atoms with Gasteiger partial charge in [-0.25, -0.2) is 13.8 Å². The number of hydrazone groups is 1. The Morgan fingerprint density at radius 2 is 1.64 bits per heavy atom. The van der Waals surface area contributed by atoms with Crippen molar-refractivity contribution < 1.29 is 17.9 Å². The van der Waals surface area contributed by atoms with Gasteiger partial charge in [0.15, 0.2) is 0 Å². The molecule has 3 aromatic rings. The highest BCUT2D eigenvalue weighted by Crippen LogP contribution is 2.30. The van der Waals surface area contributed by atoms with Gasteiger partial charge in [-0.2, -0.15) is 5.10 Å². The summed E-state index contributed by atoms with van der Waals surface area (Å²) in [6, 6.07) is 18.9. The van der Waals surface area contributed by atoms with E-state index < -0.39 is 22.5 Å². The second-order valence-electron chi connectivity index (χ2n) is 7.35. The SMILES string of the molecule is COc1ccc(S(=O)(=O)N(CC(=O)N/N=C/c2ccc(C)cc2)c2ccc(C)cc2)cc1Br. The van der Waals surface area contributed by atoms with Gasteiger partial charge in [-0.1, -0.05) is 47.5 Å². The number of amides is 1. The highest BCUT2D eigenvalue weighted by Gasteiger charge is 2.28. The lowest BCUT2D eigenvalue weighted by atomic mass is 10.2. The molecule has 0 atom stereocenters. The number of halogens is 1. The second kappa shape index (κ2) is 10.6. The van der Waals surface area contributed by atoms with Crippen molar-refractivity contribution in [2.45, 2.75) is 18.7 Å². The van der Waals surface area contributed by atoms with Crippen LogP contribution in [-0.4, -0.2) is 34.2 Å². The number of benzene rings is 3. The van der Waals surface area contributed by atoms with E-state index in [-0.39, 0.29) is 4.90 Å². The first-order valence-corrected chi connectivity index (χ1v) is 12.3. The van der Waals surface area contributed by atoms with Crippen LogP contribution in [0.3, 0.4) is 0 Å². The molecule has 0 heterocycles. The maximum Gasteiger partial charge on any atom is 0.264 e. The maximum absolute atomic E-state index is 13.5. The van der Waals surface area contributed by atoms with Gasteiger partial charge in [-0.05, 0) is 65.7 Å². The summed E-state index contributed by atoms with van der Waals surface area (Å²) in [7, 11) is -2.56. The molecule has 9 heteroatoms. The Morgan fingerprint density at radius 1 is 1.03 bits per heavy atom. The Kier molecular flexibility index (Phi) is 7.88. The lowest BCUT2D eigenvalue weighted by Crippen LogP contribution is -2.39. The van der Waals surface area contributed by atoms with Crippen LogP contribution in [0.5, 0.6) is 5.75 Å². The lowest BCUT2D eigenvalue weighted by Gasteiger charge is -2.24. The number of rotatable bonds is 8. The largest absolute Gasteiger partial charge is 0.496 e. The molecular weight excluding hydrogens is 506 g/mol. The number of hydrogen-bond acceptors (Lipinski definition) is 5. The molecule has 0 bridgehead atoms. The Labute approximate surface area is 202 Å². The van der Waals surface area contributed by atoms with Gasteiger partial charge in [0.25, 0.3) is 15.9 Å². The van der Waals surface area contributed by atoms with Crippen molar-refractivity contribution in [2.24, 2.45) is 5.10 Å². The zero-order valence-electron chi connectivity index (χ0n) is 18.4. The van der Waals surface area contributed by atoms with E-state index in [1.807, 2.05) is 38.1 Å². The molecule has 0 aromatic heterocycles. The molecule has 1 N–H and O–H groups in total. The monoisotopic (exact) mass is 529 g/mol. The third-order valence-corrected chi connectivity index (χ3v) is 7.19. The van der Waals surface area contributed by atoms with Crippen LogP contribution in [0.15, 0.2) is 81.2 Å². The number of anilines is 1. The number of carbonyl (C=O) groups excluding carboxylic acids is 1. The Hall–Kier alpha value is -3.17. The van der Waals surface area contributed by atoms with Crippen molar-refractivity contribution >= 4 is 43.8 Å². The topological polar surface area (TPSA) is 88.1 Å². The van der Waals surface area contributed by atoms with Gasteiger partial charge in [0.05, 0.1) is 28.4 Å². The van der Waals surface area contributed by atoms with Gasteiger partial charge >= 0.3 is 0 Å². The van der Waals surface area contributed by atoms with Gasteiger partial charge in [0.2, 0.25) is 0 Å². The molecule has 0 aliphatic carbocycles. The van der Waals surface area contributed by atoms with Crippen LogP contribution >= 0.6 is 15.9 Å². The van der Waals surface area contributed by atoms with Crippen molar-refractivity contribution in [2.75, 3.05) is 18.0 Å². The summed E-state index contributed by atoms with van der Waals surface area (Å²) in [5.74, 6) is -0.0749. The average molecular weight is 530 g/mol. The van der Waals surface area contributed by atoms with Crippen molar-refractivity contribution in [3.8, 4) is 5.75 Å². The summed E-state index contributed by atoms with van der Waals surface area (Å²) in [5.41, 5.74) is 5.66. The smallest absolute Gasteiger partial charge is 0.264 e. The first-order valence-electron chi connectivity index (χ1n) is 10.0. The molecule has 3 rings (SSSR count). The number of sulfonamides is 1. The molecule has 0 radical (unpaired) electrons. The Morgan fingerprint density at radius 3 is 2.21 bits per heavy atom. The fourth-order valence-corrected chi connectivity index (χ4v) is 5.10. The number of hydrogen-bond donors (Lipinski definition) is 1. The summed E-state index contributed by atoms with van der Waals surface area (Å²) < 4.78 is 33.7. The van der Waals surface area contributed by atoms with Crippen LogP contribution in [0, 0.1) is 13.8 Å². The van der Waals surface area contributed by atoms with Crippen molar-refractivity contribution in [3.63, 3.8) is 0 Å². The Balaban J connectivity index is 1.86. The molecule has 0 saturated heterocycles. The maximum atomic E-state index is 13.5. The standard InChI is InChI=1S/C24H24BrN3O4S/c1-17-4-8-19(9-5-17)15-26-27-24(29)16-28(20-10-6-18(2)7-11-20)33(30,31)21-12-13-23(32-3)22(25)14-21/h4-15H,16H2,1-3H3,(H,27,29)/b26-15+. The minimum atomic E-state index is -4.06. The number of nitrogens with one attached hydrogen (secondary N) is 1. The molecule has 0 spiro atoms. The molecule has 0 aliphatic rings. The molecule has 7 nitrogen and oxygen atoms in total. The predicted octanol–water partition coefficient (Wildman–Crippen LogP) is 4.42. The number of ether oxygens (including phenoxy) is 1. The summed E-state index contributed by atoms with van der Waals surface area (Å²) in [6.45, 7) is 3.43. The van der Waals surface area contributed by atoms with Crippen molar-refractivity contribution in [1.29, 1.82) is 0 Å². The van der Waals surface area contributed by atoms with E-state index in [1.165, 1.54) is 25.5 Å². The number of carbonyl (C=O) groups is 1. The van der Waals surface area contributed by atoms with Crippen LogP contribution in [0.25, 0.3) is 0 Å². The molecule has 0 aliphatic heterocycles. The zero-order valence-corrected chi connectivity index (χ0v) is 20.9. The average Bonchev–Trinajstić information content (AvgIpc) is 2.79. The highest BCUT2D eigenvalue weighted by atomic mass is 79.9. The van der Waals surface area contributed by atoms with E-state index in [0.717, 1.165) is 21.0 Å². The number of aryl methyl sites for hydroxylation is 2. The predicted molar refractivity (Wildman–Crippen MR) is 133 cm³/mol. The summed E-state index contributed by atoms with van der Waals surface area (Å²) in [4.78, 5) is 12.6. The van der Waals surface area contributed by atoms with E-state index in [1.54, 1.807) is 30.3 Å². The van der Waals surface area contributed by atoms with E-state index >= 15 is 0 Å². The molecule has 0 saturated carbocycles. The van der Waals surface area contributed by atoms with Gasteiger partial charge in [-0.3, -0.25) is 9.10 Å². The third-order valence-electron chi connectivity index (χ3n) is 4.80. The molecular formula is C24H24BrN3O4S. The minimum Gasteiger partial charge on any atom is -0.496 e. The zero-order chi connectivity index (χ0) is 24.0. The molecule has 0 fully saturated rings. The molecule has 33 heavy (non-hydrogen) atoms. The fraction of sp³-hybridized carbons (Fsp3) is 0.167.